The molecule has 2 rings (SSSR count). The quantitative estimate of drug-likeness (QED) is 0.819. The lowest BCUT2D eigenvalue weighted by Gasteiger charge is -2.14. The Balaban J connectivity index is 2.20. The summed E-state index contributed by atoms with van der Waals surface area (Å²) >= 11 is 3.17. The largest absolute Gasteiger partial charge is 0.478 e. The predicted octanol–water partition coefficient (Wildman–Crippen LogP) is 3.93. The Hall–Kier alpha value is -2.15. The smallest absolute Gasteiger partial charge is 0.339 e. The van der Waals surface area contributed by atoms with Gasteiger partial charge in [0, 0.05) is 22.5 Å². The standard InChI is InChI=1S/C16H15BrFNO4/c1-3-13-11(16(21)22)7-14(23-13)15(20)19-8(2)10-5-4-9(17)6-12(10)18/h4-8H,3H2,1-2H3,(H,19,20)(H,21,22). The number of benzene rings is 1. The van der Waals surface area contributed by atoms with Gasteiger partial charge in [-0.25, -0.2) is 9.18 Å². The summed E-state index contributed by atoms with van der Waals surface area (Å²) in [7, 11) is 0. The molecule has 122 valence electrons. The van der Waals surface area contributed by atoms with E-state index >= 15 is 0 Å². The number of carbonyl (C=O) groups is 2. The van der Waals surface area contributed by atoms with E-state index in [1.54, 1.807) is 26.0 Å². The molecule has 1 amide bonds. The number of carboxylic acid groups (broad SMARTS) is 1. The molecule has 0 radical (unpaired) electrons. The third kappa shape index (κ3) is 3.79. The topological polar surface area (TPSA) is 79.5 Å². The van der Waals surface area contributed by atoms with E-state index in [1.807, 2.05) is 0 Å². The number of furan rings is 1. The number of carboxylic acids is 1. The Labute approximate surface area is 140 Å². The van der Waals surface area contributed by atoms with Crippen LogP contribution in [0.5, 0.6) is 0 Å². The van der Waals surface area contributed by atoms with Crippen molar-refractivity contribution in [1.82, 2.24) is 5.32 Å². The average molecular weight is 384 g/mol. The summed E-state index contributed by atoms with van der Waals surface area (Å²) in [4.78, 5) is 23.3. The summed E-state index contributed by atoms with van der Waals surface area (Å²) in [6, 6.07) is 5.13. The average Bonchev–Trinajstić information content (AvgIpc) is 2.91. The molecule has 1 atom stereocenters. The first-order valence-corrected chi connectivity index (χ1v) is 7.74. The van der Waals surface area contributed by atoms with Crippen LogP contribution in [0.15, 0.2) is 33.2 Å². The normalized spacial score (nSPS) is 12.0. The Kier molecular flexibility index (Phi) is 5.20. The number of aromatic carboxylic acids is 1. The van der Waals surface area contributed by atoms with Gasteiger partial charge in [-0.2, -0.15) is 0 Å². The van der Waals surface area contributed by atoms with Crippen molar-refractivity contribution in [2.75, 3.05) is 0 Å². The van der Waals surface area contributed by atoms with Gasteiger partial charge in [0.15, 0.2) is 5.76 Å². The Morgan fingerprint density at radius 1 is 1.39 bits per heavy atom. The lowest BCUT2D eigenvalue weighted by molar-refractivity contribution is 0.0694. The predicted molar refractivity (Wildman–Crippen MR) is 85.0 cm³/mol. The maximum absolute atomic E-state index is 13.9. The Morgan fingerprint density at radius 3 is 2.61 bits per heavy atom. The fourth-order valence-corrected chi connectivity index (χ4v) is 2.52. The molecule has 1 aromatic carbocycles. The van der Waals surface area contributed by atoms with Gasteiger partial charge in [0.25, 0.3) is 5.91 Å². The van der Waals surface area contributed by atoms with E-state index in [9.17, 15) is 14.0 Å². The van der Waals surface area contributed by atoms with Crippen molar-refractivity contribution >= 4 is 27.8 Å². The van der Waals surface area contributed by atoms with Crippen molar-refractivity contribution in [1.29, 1.82) is 0 Å². The van der Waals surface area contributed by atoms with Gasteiger partial charge in [-0.3, -0.25) is 4.79 Å². The minimum Gasteiger partial charge on any atom is -0.478 e. The van der Waals surface area contributed by atoms with Crippen LogP contribution in [0, 0.1) is 5.82 Å². The molecule has 2 N–H and O–H groups in total. The van der Waals surface area contributed by atoms with Crippen molar-refractivity contribution in [3.63, 3.8) is 0 Å². The highest BCUT2D eigenvalue weighted by Crippen LogP contribution is 2.22. The van der Waals surface area contributed by atoms with Gasteiger partial charge in [0.1, 0.15) is 17.1 Å². The zero-order valence-corrected chi connectivity index (χ0v) is 14.1. The van der Waals surface area contributed by atoms with Gasteiger partial charge in [0.05, 0.1) is 6.04 Å². The lowest BCUT2D eigenvalue weighted by Crippen LogP contribution is -2.26. The summed E-state index contributed by atoms with van der Waals surface area (Å²) in [5.74, 6) is -2.08. The van der Waals surface area contributed by atoms with Crippen molar-refractivity contribution in [3.05, 3.63) is 57.2 Å². The molecule has 5 nitrogen and oxygen atoms in total. The van der Waals surface area contributed by atoms with Gasteiger partial charge < -0.3 is 14.8 Å². The van der Waals surface area contributed by atoms with E-state index in [0.29, 0.717) is 16.5 Å². The van der Waals surface area contributed by atoms with E-state index in [4.69, 9.17) is 9.52 Å². The highest BCUT2D eigenvalue weighted by Gasteiger charge is 2.22. The Morgan fingerprint density at radius 2 is 2.09 bits per heavy atom. The molecule has 0 saturated heterocycles. The monoisotopic (exact) mass is 383 g/mol. The van der Waals surface area contributed by atoms with Crippen LogP contribution in [0.1, 0.15) is 52.1 Å². The highest BCUT2D eigenvalue weighted by atomic mass is 79.9. The van der Waals surface area contributed by atoms with Crippen molar-refractivity contribution in [2.45, 2.75) is 26.3 Å². The molecule has 7 heteroatoms. The zero-order valence-electron chi connectivity index (χ0n) is 12.5. The second-order valence-electron chi connectivity index (χ2n) is 4.97. The Bertz CT molecular complexity index is 757. The summed E-state index contributed by atoms with van der Waals surface area (Å²) in [6.07, 6.45) is 0.353. The maximum atomic E-state index is 13.9. The van der Waals surface area contributed by atoms with Crippen LogP contribution < -0.4 is 5.32 Å². The molecule has 1 aromatic heterocycles. The third-order valence-electron chi connectivity index (χ3n) is 3.36. The SMILES string of the molecule is CCc1oc(C(=O)NC(C)c2ccc(Br)cc2F)cc1C(=O)O. The van der Waals surface area contributed by atoms with Crippen LogP contribution in [0.4, 0.5) is 4.39 Å². The van der Waals surface area contributed by atoms with Crippen LogP contribution in [0.2, 0.25) is 0 Å². The fourth-order valence-electron chi connectivity index (χ4n) is 2.18. The lowest BCUT2D eigenvalue weighted by atomic mass is 10.1. The molecule has 0 bridgehead atoms. The van der Waals surface area contributed by atoms with Crippen LogP contribution in [-0.4, -0.2) is 17.0 Å². The molecule has 0 saturated carbocycles. The number of hydrogen-bond acceptors (Lipinski definition) is 3. The van der Waals surface area contributed by atoms with Crippen LogP contribution in [-0.2, 0) is 6.42 Å². The molecule has 2 aromatic rings. The minimum atomic E-state index is -1.16. The summed E-state index contributed by atoms with van der Waals surface area (Å²) in [6.45, 7) is 3.36. The second-order valence-corrected chi connectivity index (χ2v) is 5.88. The van der Waals surface area contributed by atoms with E-state index in [0.717, 1.165) is 0 Å². The van der Waals surface area contributed by atoms with Gasteiger partial charge in [-0.1, -0.05) is 28.9 Å². The first-order valence-electron chi connectivity index (χ1n) is 6.95. The molecule has 0 aliphatic carbocycles. The summed E-state index contributed by atoms with van der Waals surface area (Å²) < 4.78 is 19.8. The molecule has 1 unspecified atom stereocenters. The molecule has 0 aliphatic heterocycles. The fraction of sp³-hybridized carbons (Fsp3) is 0.250. The molecular weight excluding hydrogens is 369 g/mol. The number of rotatable bonds is 5. The van der Waals surface area contributed by atoms with Gasteiger partial charge in [0.2, 0.25) is 0 Å². The number of aryl methyl sites for hydroxylation is 1. The minimum absolute atomic E-state index is 0.0416. The first-order chi connectivity index (χ1) is 10.8. The number of halogens is 2. The summed E-state index contributed by atoms with van der Waals surface area (Å²) in [5.41, 5.74) is 0.280. The van der Waals surface area contributed by atoms with E-state index in [2.05, 4.69) is 21.2 Å². The van der Waals surface area contributed by atoms with E-state index in [1.165, 1.54) is 12.1 Å². The van der Waals surface area contributed by atoms with Crippen LogP contribution >= 0.6 is 15.9 Å². The van der Waals surface area contributed by atoms with Crippen molar-refractivity contribution in [2.24, 2.45) is 0 Å². The van der Waals surface area contributed by atoms with Gasteiger partial charge in [-0.15, -0.1) is 0 Å². The van der Waals surface area contributed by atoms with E-state index in [-0.39, 0.29) is 17.1 Å². The van der Waals surface area contributed by atoms with Gasteiger partial charge >= 0.3 is 5.97 Å². The number of carbonyl (C=O) groups excluding carboxylic acids is 1. The molecule has 0 aliphatic rings. The molecule has 0 fully saturated rings. The maximum Gasteiger partial charge on any atom is 0.339 e. The van der Waals surface area contributed by atoms with Crippen LogP contribution in [0.25, 0.3) is 0 Å². The third-order valence-corrected chi connectivity index (χ3v) is 3.85. The van der Waals surface area contributed by atoms with Gasteiger partial charge in [-0.05, 0) is 19.1 Å². The highest BCUT2D eigenvalue weighted by molar-refractivity contribution is 9.10. The van der Waals surface area contributed by atoms with E-state index < -0.39 is 23.7 Å². The summed E-state index contributed by atoms with van der Waals surface area (Å²) in [5, 5.41) is 11.7. The van der Waals surface area contributed by atoms with Crippen LogP contribution in [0.3, 0.4) is 0 Å². The molecule has 1 heterocycles. The molecule has 23 heavy (non-hydrogen) atoms. The first kappa shape index (κ1) is 17.2. The number of amides is 1. The van der Waals surface area contributed by atoms with Crippen molar-refractivity contribution < 1.29 is 23.5 Å². The molecule has 0 spiro atoms. The second kappa shape index (κ2) is 6.95. The number of hydrogen-bond donors (Lipinski definition) is 2. The number of nitrogens with one attached hydrogen (secondary N) is 1. The molecular formula is C16H15BrFNO4. The van der Waals surface area contributed by atoms with Crippen molar-refractivity contribution in [3.8, 4) is 0 Å². The zero-order chi connectivity index (χ0) is 17.1.